The molecule has 0 saturated carbocycles. The number of rotatable bonds is 4. The molecule has 4 heteroatoms. The molecule has 1 aromatic heterocycles. The van der Waals surface area contributed by atoms with Crippen LogP contribution in [0.1, 0.15) is 24.0 Å². The minimum atomic E-state index is -0.636. The summed E-state index contributed by atoms with van der Waals surface area (Å²) in [5.74, 6) is 0.0249. The predicted molar refractivity (Wildman–Crippen MR) is 81.4 cm³/mol. The van der Waals surface area contributed by atoms with Gasteiger partial charge in [-0.05, 0) is 36.6 Å². The van der Waals surface area contributed by atoms with Crippen LogP contribution in [0.3, 0.4) is 0 Å². The van der Waals surface area contributed by atoms with E-state index in [1.165, 1.54) is 0 Å². The van der Waals surface area contributed by atoms with E-state index in [4.69, 9.17) is 0 Å². The second kappa shape index (κ2) is 6.06. The highest BCUT2D eigenvalue weighted by atomic mass is 16.2. The van der Waals surface area contributed by atoms with Crippen molar-refractivity contribution in [2.45, 2.75) is 24.9 Å². The van der Waals surface area contributed by atoms with Crippen LogP contribution in [0.4, 0.5) is 0 Å². The molecule has 1 aliphatic rings. The lowest BCUT2D eigenvalue weighted by Crippen LogP contribution is -2.50. The molecule has 1 amide bonds. The van der Waals surface area contributed by atoms with Gasteiger partial charge >= 0.3 is 0 Å². The Kier molecular flexibility index (Phi) is 3.97. The fourth-order valence-electron chi connectivity index (χ4n) is 2.86. The van der Waals surface area contributed by atoms with E-state index < -0.39 is 5.54 Å². The van der Waals surface area contributed by atoms with Crippen molar-refractivity contribution in [2.75, 3.05) is 6.54 Å². The highest BCUT2D eigenvalue weighted by molar-refractivity contribution is 5.88. The van der Waals surface area contributed by atoms with Crippen molar-refractivity contribution in [3.05, 3.63) is 66.0 Å². The van der Waals surface area contributed by atoms with Gasteiger partial charge in [0.25, 0.3) is 0 Å². The van der Waals surface area contributed by atoms with Crippen LogP contribution in [0.15, 0.2) is 54.9 Å². The Morgan fingerprint density at radius 2 is 2.10 bits per heavy atom. The van der Waals surface area contributed by atoms with Gasteiger partial charge < -0.3 is 5.32 Å². The molecule has 1 aromatic carbocycles. The smallest absolute Gasteiger partial charge is 0.245 e. The molecular weight excluding hydrogens is 262 g/mol. The zero-order chi connectivity index (χ0) is 14.5. The van der Waals surface area contributed by atoms with Crippen molar-refractivity contribution in [1.29, 1.82) is 0 Å². The molecule has 1 fully saturated rings. The number of pyridine rings is 1. The van der Waals surface area contributed by atoms with Crippen molar-refractivity contribution in [1.82, 2.24) is 15.6 Å². The normalized spacial score (nSPS) is 21.1. The van der Waals surface area contributed by atoms with Gasteiger partial charge in [0, 0.05) is 18.9 Å². The first kappa shape index (κ1) is 13.8. The SMILES string of the molecule is O=C(NCc1ccccc1)[C@]1(c2cccnc2)CCCN1. The summed E-state index contributed by atoms with van der Waals surface area (Å²) in [6, 6.07) is 13.8. The Balaban J connectivity index is 1.77. The number of aromatic nitrogens is 1. The lowest BCUT2D eigenvalue weighted by atomic mass is 9.88. The third-order valence-corrected chi connectivity index (χ3v) is 3.99. The predicted octanol–water partition coefficient (Wildman–Crippen LogP) is 1.98. The molecule has 0 aliphatic carbocycles. The van der Waals surface area contributed by atoms with Gasteiger partial charge in [-0.15, -0.1) is 0 Å². The number of hydrogen-bond donors (Lipinski definition) is 2. The first-order chi connectivity index (χ1) is 10.3. The average molecular weight is 281 g/mol. The minimum absolute atomic E-state index is 0.0249. The van der Waals surface area contributed by atoms with Crippen LogP contribution in [0.2, 0.25) is 0 Å². The van der Waals surface area contributed by atoms with Gasteiger partial charge in [-0.25, -0.2) is 0 Å². The molecule has 0 radical (unpaired) electrons. The Bertz CT molecular complexity index is 592. The minimum Gasteiger partial charge on any atom is -0.350 e. The molecule has 4 nitrogen and oxygen atoms in total. The van der Waals surface area contributed by atoms with Crippen molar-refractivity contribution in [2.24, 2.45) is 0 Å². The zero-order valence-corrected chi connectivity index (χ0v) is 11.9. The van der Waals surface area contributed by atoms with Gasteiger partial charge in [0.1, 0.15) is 5.54 Å². The Hall–Kier alpha value is -2.20. The quantitative estimate of drug-likeness (QED) is 0.901. The first-order valence-corrected chi connectivity index (χ1v) is 7.29. The largest absolute Gasteiger partial charge is 0.350 e. The van der Waals surface area contributed by atoms with Crippen molar-refractivity contribution >= 4 is 5.91 Å². The molecule has 1 saturated heterocycles. The second-order valence-corrected chi connectivity index (χ2v) is 5.35. The van der Waals surface area contributed by atoms with E-state index in [1.54, 1.807) is 12.4 Å². The van der Waals surface area contributed by atoms with E-state index in [0.29, 0.717) is 6.54 Å². The summed E-state index contributed by atoms with van der Waals surface area (Å²) in [4.78, 5) is 16.9. The van der Waals surface area contributed by atoms with Crippen molar-refractivity contribution in [3.63, 3.8) is 0 Å². The van der Waals surface area contributed by atoms with E-state index in [-0.39, 0.29) is 5.91 Å². The molecule has 1 atom stereocenters. The molecule has 108 valence electrons. The van der Waals surface area contributed by atoms with Crippen LogP contribution in [-0.4, -0.2) is 17.4 Å². The lowest BCUT2D eigenvalue weighted by molar-refractivity contribution is -0.127. The highest BCUT2D eigenvalue weighted by Gasteiger charge is 2.42. The monoisotopic (exact) mass is 281 g/mol. The number of carbonyl (C=O) groups excluding carboxylic acids is 1. The maximum absolute atomic E-state index is 12.7. The number of carbonyl (C=O) groups is 1. The molecule has 0 unspecified atom stereocenters. The van der Waals surface area contributed by atoms with Crippen molar-refractivity contribution < 1.29 is 4.79 Å². The van der Waals surface area contributed by atoms with Crippen LogP contribution < -0.4 is 10.6 Å². The molecule has 0 spiro atoms. The molecule has 2 aromatic rings. The number of nitrogens with zero attached hydrogens (tertiary/aromatic N) is 1. The molecule has 1 aliphatic heterocycles. The van der Waals surface area contributed by atoms with E-state index >= 15 is 0 Å². The van der Waals surface area contributed by atoms with E-state index in [0.717, 1.165) is 30.5 Å². The van der Waals surface area contributed by atoms with Gasteiger partial charge in [-0.1, -0.05) is 36.4 Å². The van der Waals surface area contributed by atoms with Gasteiger partial charge in [-0.2, -0.15) is 0 Å². The molecule has 2 N–H and O–H groups in total. The van der Waals surface area contributed by atoms with Crippen molar-refractivity contribution in [3.8, 4) is 0 Å². The van der Waals surface area contributed by atoms with Crippen LogP contribution in [0.5, 0.6) is 0 Å². The fraction of sp³-hybridized carbons (Fsp3) is 0.294. The van der Waals surface area contributed by atoms with Crippen LogP contribution >= 0.6 is 0 Å². The summed E-state index contributed by atoms with van der Waals surface area (Å²) < 4.78 is 0. The molecule has 3 rings (SSSR count). The van der Waals surface area contributed by atoms with Gasteiger partial charge in [0.2, 0.25) is 5.91 Å². The first-order valence-electron chi connectivity index (χ1n) is 7.29. The standard InChI is InChI=1S/C17H19N3O/c21-16(19-12-14-6-2-1-3-7-14)17(9-5-11-20-17)15-8-4-10-18-13-15/h1-4,6-8,10,13,20H,5,9,11-12H2,(H,19,21)/t17-/m1/s1. The summed E-state index contributed by atoms with van der Waals surface area (Å²) in [6.45, 7) is 1.40. The van der Waals surface area contributed by atoms with E-state index in [1.807, 2.05) is 42.5 Å². The fourth-order valence-corrected chi connectivity index (χ4v) is 2.86. The van der Waals surface area contributed by atoms with Crippen LogP contribution in [0.25, 0.3) is 0 Å². The molecule has 2 heterocycles. The molecular formula is C17H19N3O. The van der Waals surface area contributed by atoms with Crippen LogP contribution in [-0.2, 0) is 16.9 Å². The van der Waals surface area contributed by atoms with Gasteiger partial charge in [0.15, 0.2) is 0 Å². The second-order valence-electron chi connectivity index (χ2n) is 5.35. The van der Waals surface area contributed by atoms with E-state index in [9.17, 15) is 4.79 Å². The topological polar surface area (TPSA) is 54.0 Å². The maximum atomic E-state index is 12.7. The third-order valence-electron chi connectivity index (χ3n) is 3.99. The van der Waals surface area contributed by atoms with Crippen LogP contribution in [0, 0.1) is 0 Å². The average Bonchev–Trinajstić information content (AvgIpc) is 3.05. The Morgan fingerprint density at radius 1 is 1.24 bits per heavy atom. The number of benzene rings is 1. The number of nitrogens with one attached hydrogen (secondary N) is 2. The summed E-state index contributed by atoms with van der Waals surface area (Å²) in [5, 5.41) is 6.42. The summed E-state index contributed by atoms with van der Waals surface area (Å²) in [6.07, 6.45) is 5.31. The molecule has 21 heavy (non-hydrogen) atoms. The highest BCUT2D eigenvalue weighted by Crippen LogP contribution is 2.30. The number of hydrogen-bond acceptors (Lipinski definition) is 3. The summed E-state index contributed by atoms with van der Waals surface area (Å²) in [5.41, 5.74) is 1.40. The lowest BCUT2D eigenvalue weighted by Gasteiger charge is -2.28. The third kappa shape index (κ3) is 2.81. The number of amides is 1. The summed E-state index contributed by atoms with van der Waals surface area (Å²) in [7, 11) is 0. The Morgan fingerprint density at radius 3 is 2.76 bits per heavy atom. The Labute approximate surface area is 124 Å². The van der Waals surface area contributed by atoms with Gasteiger partial charge in [0.05, 0.1) is 0 Å². The zero-order valence-electron chi connectivity index (χ0n) is 11.9. The van der Waals surface area contributed by atoms with E-state index in [2.05, 4.69) is 15.6 Å². The maximum Gasteiger partial charge on any atom is 0.245 e. The molecule has 0 bridgehead atoms. The van der Waals surface area contributed by atoms with Gasteiger partial charge in [-0.3, -0.25) is 15.1 Å². The summed E-state index contributed by atoms with van der Waals surface area (Å²) >= 11 is 0.